The molecule has 1 aliphatic heterocycles. The zero-order chi connectivity index (χ0) is 17.7. The highest BCUT2D eigenvalue weighted by molar-refractivity contribution is 5.74. The minimum Gasteiger partial charge on any atom is -0.424 e. The zero-order valence-electron chi connectivity index (χ0n) is 14.1. The van der Waals surface area contributed by atoms with Gasteiger partial charge < -0.3 is 14.6 Å². The summed E-state index contributed by atoms with van der Waals surface area (Å²) in [4.78, 5) is 6.46. The van der Waals surface area contributed by atoms with Gasteiger partial charge in [-0.3, -0.25) is 0 Å². The van der Waals surface area contributed by atoms with Crippen molar-refractivity contribution in [2.24, 2.45) is 5.92 Å². The number of nitrogens with zero attached hydrogens (tertiary/aromatic N) is 6. The van der Waals surface area contributed by atoms with E-state index in [1.54, 1.807) is 10.6 Å². The van der Waals surface area contributed by atoms with Gasteiger partial charge in [0.25, 0.3) is 6.01 Å². The number of aryl methyl sites for hydroxylation is 1. The quantitative estimate of drug-likeness (QED) is 0.602. The summed E-state index contributed by atoms with van der Waals surface area (Å²) >= 11 is 0. The fourth-order valence-corrected chi connectivity index (χ4v) is 3.15. The molecule has 9 heteroatoms. The van der Waals surface area contributed by atoms with E-state index >= 15 is 0 Å². The van der Waals surface area contributed by atoms with Crippen LogP contribution in [0.1, 0.15) is 5.82 Å². The summed E-state index contributed by atoms with van der Waals surface area (Å²) in [5, 5.41) is 15.8. The van der Waals surface area contributed by atoms with Gasteiger partial charge >= 0.3 is 0 Å². The van der Waals surface area contributed by atoms with E-state index in [1.807, 2.05) is 19.1 Å². The van der Waals surface area contributed by atoms with Crippen LogP contribution in [0.25, 0.3) is 16.7 Å². The Hall–Kier alpha value is -3.23. The third-order valence-electron chi connectivity index (χ3n) is 4.58. The molecule has 0 spiro atoms. The Labute approximate surface area is 147 Å². The van der Waals surface area contributed by atoms with Crippen molar-refractivity contribution in [2.75, 3.05) is 29.9 Å². The topological polar surface area (TPSA) is 84.4 Å². The van der Waals surface area contributed by atoms with Gasteiger partial charge in [0.1, 0.15) is 17.2 Å². The molecule has 0 bridgehead atoms. The Morgan fingerprint density at radius 2 is 2.12 bits per heavy atom. The standard InChI is InChI=1S/C17H16FN7O/c1-10-21-22-15-4-5-16(23-25(10)15)24-8-11(9-24)7-19-17-20-13-6-12(18)2-3-14(13)26-17/h2-6,11H,7-9H2,1H3,(H,19,20). The van der Waals surface area contributed by atoms with Gasteiger partial charge in [-0.05, 0) is 31.2 Å². The molecule has 1 aliphatic rings. The Bertz CT molecular complexity index is 1100. The number of oxazole rings is 1. The number of hydrogen-bond donors (Lipinski definition) is 1. The van der Waals surface area contributed by atoms with Gasteiger partial charge in [0.15, 0.2) is 17.1 Å². The molecule has 1 saturated heterocycles. The van der Waals surface area contributed by atoms with E-state index in [9.17, 15) is 4.39 Å². The third kappa shape index (κ3) is 2.52. The molecule has 1 aromatic carbocycles. The first-order valence-corrected chi connectivity index (χ1v) is 8.40. The molecule has 1 N–H and O–H groups in total. The first kappa shape index (κ1) is 15.1. The summed E-state index contributed by atoms with van der Waals surface area (Å²) in [5.41, 5.74) is 1.84. The van der Waals surface area contributed by atoms with E-state index in [2.05, 4.69) is 30.5 Å². The average molecular weight is 353 g/mol. The normalized spacial score (nSPS) is 14.9. The number of halogens is 1. The van der Waals surface area contributed by atoms with Crippen LogP contribution in [-0.4, -0.2) is 44.4 Å². The molecule has 1 fully saturated rings. The van der Waals surface area contributed by atoms with Gasteiger partial charge in [0, 0.05) is 31.6 Å². The second-order valence-corrected chi connectivity index (χ2v) is 6.49. The molecule has 132 valence electrons. The van der Waals surface area contributed by atoms with E-state index in [4.69, 9.17) is 4.42 Å². The van der Waals surface area contributed by atoms with Crippen LogP contribution in [0.15, 0.2) is 34.7 Å². The van der Waals surface area contributed by atoms with Crippen molar-refractivity contribution in [3.05, 3.63) is 42.0 Å². The maximum atomic E-state index is 13.2. The van der Waals surface area contributed by atoms with Crippen molar-refractivity contribution < 1.29 is 8.81 Å². The molecule has 0 unspecified atom stereocenters. The number of hydrogen-bond acceptors (Lipinski definition) is 7. The molecule has 26 heavy (non-hydrogen) atoms. The number of fused-ring (bicyclic) bond motifs is 2. The van der Waals surface area contributed by atoms with Crippen LogP contribution in [0.5, 0.6) is 0 Å². The number of benzene rings is 1. The summed E-state index contributed by atoms with van der Waals surface area (Å²) in [6.07, 6.45) is 0. The Kier molecular flexibility index (Phi) is 3.27. The van der Waals surface area contributed by atoms with Gasteiger partial charge in [-0.1, -0.05) is 0 Å². The average Bonchev–Trinajstić information content (AvgIpc) is 3.16. The second-order valence-electron chi connectivity index (χ2n) is 6.49. The number of aromatic nitrogens is 5. The van der Waals surface area contributed by atoms with Crippen molar-refractivity contribution >= 4 is 28.6 Å². The van der Waals surface area contributed by atoms with Crippen molar-refractivity contribution in [1.82, 2.24) is 24.8 Å². The molecular formula is C17H16FN7O. The van der Waals surface area contributed by atoms with E-state index < -0.39 is 0 Å². The van der Waals surface area contributed by atoms with E-state index in [1.165, 1.54) is 12.1 Å². The van der Waals surface area contributed by atoms with Gasteiger partial charge in [0.05, 0.1) is 0 Å². The smallest absolute Gasteiger partial charge is 0.295 e. The molecule has 0 atom stereocenters. The summed E-state index contributed by atoms with van der Waals surface area (Å²) in [6, 6.07) is 8.62. The zero-order valence-corrected chi connectivity index (χ0v) is 14.1. The number of nitrogens with one attached hydrogen (secondary N) is 1. The van der Waals surface area contributed by atoms with Crippen molar-refractivity contribution in [3.63, 3.8) is 0 Å². The maximum absolute atomic E-state index is 13.2. The molecule has 8 nitrogen and oxygen atoms in total. The van der Waals surface area contributed by atoms with Crippen molar-refractivity contribution in [3.8, 4) is 0 Å². The summed E-state index contributed by atoms with van der Waals surface area (Å²) in [5.74, 6) is 1.82. The van der Waals surface area contributed by atoms with Crippen LogP contribution in [0.3, 0.4) is 0 Å². The lowest BCUT2D eigenvalue weighted by atomic mass is 10.0. The van der Waals surface area contributed by atoms with Gasteiger partial charge in [-0.15, -0.1) is 15.3 Å². The predicted octanol–water partition coefficient (Wildman–Crippen LogP) is 2.26. The summed E-state index contributed by atoms with van der Waals surface area (Å²) in [6.45, 7) is 4.40. The maximum Gasteiger partial charge on any atom is 0.295 e. The SMILES string of the molecule is Cc1nnc2ccc(N3CC(CNc4nc5cc(F)ccc5o4)C3)nn12. The number of anilines is 2. The van der Waals surface area contributed by atoms with E-state index in [-0.39, 0.29) is 5.82 Å². The molecule has 5 rings (SSSR count). The Morgan fingerprint density at radius 3 is 3.00 bits per heavy atom. The van der Waals surface area contributed by atoms with Crippen LogP contribution >= 0.6 is 0 Å². The molecule has 0 aliphatic carbocycles. The molecule has 4 aromatic rings. The monoisotopic (exact) mass is 353 g/mol. The van der Waals surface area contributed by atoms with Gasteiger partial charge in [0.2, 0.25) is 0 Å². The van der Waals surface area contributed by atoms with Crippen LogP contribution in [0.2, 0.25) is 0 Å². The lowest BCUT2D eigenvalue weighted by Gasteiger charge is -2.39. The fraction of sp³-hybridized carbons (Fsp3) is 0.294. The first-order chi connectivity index (χ1) is 12.7. The Balaban J connectivity index is 1.21. The Morgan fingerprint density at radius 1 is 1.23 bits per heavy atom. The summed E-state index contributed by atoms with van der Waals surface area (Å²) < 4.78 is 20.5. The first-order valence-electron chi connectivity index (χ1n) is 8.40. The largest absolute Gasteiger partial charge is 0.424 e. The molecule has 0 saturated carbocycles. The number of rotatable bonds is 4. The van der Waals surface area contributed by atoms with E-state index in [0.29, 0.717) is 23.0 Å². The fourth-order valence-electron chi connectivity index (χ4n) is 3.15. The molecule has 3 aromatic heterocycles. The molecule has 0 amide bonds. The highest BCUT2D eigenvalue weighted by Crippen LogP contribution is 2.24. The molecule has 4 heterocycles. The lowest BCUT2D eigenvalue weighted by Crippen LogP contribution is -2.50. The van der Waals surface area contributed by atoms with Crippen LogP contribution < -0.4 is 10.2 Å². The van der Waals surface area contributed by atoms with Crippen LogP contribution in [0, 0.1) is 18.7 Å². The van der Waals surface area contributed by atoms with Crippen LogP contribution in [0.4, 0.5) is 16.2 Å². The molecule has 0 radical (unpaired) electrons. The third-order valence-corrected chi connectivity index (χ3v) is 4.58. The van der Waals surface area contributed by atoms with Gasteiger partial charge in [-0.2, -0.15) is 9.50 Å². The predicted molar refractivity (Wildman–Crippen MR) is 93.7 cm³/mol. The van der Waals surface area contributed by atoms with Crippen LogP contribution in [-0.2, 0) is 0 Å². The minimum absolute atomic E-state index is 0.320. The second kappa shape index (κ2) is 5.65. The van der Waals surface area contributed by atoms with E-state index in [0.717, 1.165) is 36.9 Å². The molecular weight excluding hydrogens is 337 g/mol. The lowest BCUT2D eigenvalue weighted by molar-refractivity contribution is 0.420. The van der Waals surface area contributed by atoms with Crippen molar-refractivity contribution in [1.29, 1.82) is 0 Å². The van der Waals surface area contributed by atoms with Crippen molar-refractivity contribution in [2.45, 2.75) is 6.92 Å². The highest BCUT2D eigenvalue weighted by atomic mass is 19.1. The van der Waals surface area contributed by atoms with Gasteiger partial charge in [-0.25, -0.2) is 4.39 Å². The summed E-state index contributed by atoms with van der Waals surface area (Å²) in [7, 11) is 0. The highest BCUT2D eigenvalue weighted by Gasteiger charge is 2.28. The minimum atomic E-state index is -0.320.